The van der Waals surface area contributed by atoms with E-state index in [-0.39, 0.29) is 11.5 Å². The van der Waals surface area contributed by atoms with Gasteiger partial charge in [-0.05, 0) is 42.0 Å². The molecule has 0 unspecified atom stereocenters. The molecule has 0 bridgehead atoms. The van der Waals surface area contributed by atoms with Crippen molar-refractivity contribution in [1.82, 2.24) is 0 Å². The summed E-state index contributed by atoms with van der Waals surface area (Å²) < 4.78 is 0. The smallest absolute Gasteiger partial charge is 0.267 e. The summed E-state index contributed by atoms with van der Waals surface area (Å²) in [6.45, 7) is 1.93. The van der Waals surface area contributed by atoms with Crippen LogP contribution in [0.3, 0.4) is 0 Å². The van der Waals surface area contributed by atoms with Gasteiger partial charge in [-0.1, -0.05) is 48.5 Å². The van der Waals surface area contributed by atoms with E-state index in [1.807, 2.05) is 71.6 Å². The number of nitriles is 1. The Morgan fingerprint density at radius 3 is 1.97 bits per heavy atom. The van der Waals surface area contributed by atoms with Crippen LogP contribution in [0.2, 0.25) is 0 Å². The molecule has 0 saturated carbocycles. The number of amides is 2. The first-order valence-corrected chi connectivity index (χ1v) is 9.71. The molecule has 3 aromatic rings. The van der Waals surface area contributed by atoms with Gasteiger partial charge in [-0.2, -0.15) is 5.26 Å². The van der Waals surface area contributed by atoms with Gasteiger partial charge < -0.3 is 15.5 Å². The minimum Gasteiger partial charge on any atom is -0.342 e. The second-order valence-electron chi connectivity index (χ2n) is 6.82. The van der Waals surface area contributed by atoms with E-state index in [2.05, 4.69) is 10.6 Å². The Labute approximate surface area is 181 Å². The maximum absolute atomic E-state index is 12.7. The molecule has 2 amide bonds. The zero-order valence-electron chi connectivity index (χ0n) is 17.1. The summed E-state index contributed by atoms with van der Waals surface area (Å²) in [5.74, 6) is -0.685. The fraction of sp³-hybridized carbons (Fsp3) is 0.0800. The van der Waals surface area contributed by atoms with Crippen molar-refractivity contribution in [2.45, 2.75) is 13.5 Å². The summed E-state index contributed by atoms with van der Waals surface area (Å²) in [7, 11) is 0. The molecule has 0 fully saturated rings. The molecule has 6 nitrogen and oxygen atoms in total. The van der Waals surface area contributed by atoms with Crippen LogP contribution in [-0.2, 0) is 16.1 Å². The molecule has 0 atom stereocenters. The number of nitrogens with one attached hydrogen (secondary N) is 2. The first kappa shape index (κ1) is 21.3. The number of benzene rings is 3. The molecule has 0 aliphatic carbocycles. The number of rotatable bonds is 7. The average molecular weight is 410 g/mol. The highest BCUT2D eigenvalue weighted by Crippen LogP contribution is 2.19. The number of hydrogen-bond donors (Lipinski definition) is 2. The lowest BCUT2D eigenvalue weighted by atomic mass is 10.2. The first-order valence-electron chi connectivity index (χ1n) is 9.71. The fourth-order valence-electron chi connectivity index (χ4n) is 2.94. The standard InChI is InChI=1S/C25H22N4O2/c1-19(30)27-22-12-14-23(15-13-22)28-25(31)21(16-26)18-29(24-10-6-3-7-11-24)17-20-8-4-2-5-9-20/h2-15,18H,17H2,1H3,(H,27,30)(H,28,31)/b21-18-. The van der Waals surface area contributed by atoms with Gasteiger partial charge >= 0.3 is 0 Å². The van der Waals surface area contributed by atoms with Crippen LogP contribution >= 0.6 is 0 Å². The fourth-order valence-corrected chi connectivity index (χ4v) is 2.94. The summed E-state index contributed by atoms with van der Waals surface area (Å²) in [5, 5.41) is 15.0. The summed E-state index contributed by atoms with van der Waals surface area (Å²) in [4.78, 5) is 25.7. The number of para-hydroxylation sites is 1. The normalized spacial score (nSPS) is 10.6. The van der Waals surface area contributed by atoms with E-state index in [9.17, 15) is 14.9 Å². The van der Waals surface area contributed by atoms with Crippen LogP contribution in [0.4, 0.5) is 17.1 Å². The van der Waals surface area contributed by atoms with Crippen LogP contribution in [-0.4, -0.2) is 11.8 Å². The number of anilines is 3. The molecule has 0 aliphatic heterocycles. The molecule has 31 heavy (non-hydrogen) atoms. The average Bonchev–Trinajstić information content (AvgIpc) is 2.78. The van der Waals surface area contributed by atoms with Gasteiger partial charge in [0.25, 0.3) is 5.91 Å². The summed E-state index contributed by atoms with van der Waals surface area (Å²) in [6.07, 6.45) is 1.56. The second-order valence-corrected chi connectivity index (χ2v) is 6.82. The zero-order valence-corrected chi connectivity index (χ0v) is 17.1. The minimum absolute atomic E-state index is 0.0225. The Hall–Kier alpha value is -4.37. The van der Waals surface area contributed by atoms with Crippen LogP contribution in [0, 0.1) is 11.3 Å². The highest BCUT2D eigenvalue weighted by atomic mass is 16.2. The predicted octanol–water partition coefficient (Wildman–Crippen LogP) is 4.70. The van der Waals surface area contributed by atoms with E-state index in [4.69, 9.17) is 0 Å². The lowest BCUT2D eigenvalue weighted by Crippen LogP contribution is -2.20. The maximum Gasteiger partial charge on any atom is 0.267 e. The lowest BCUT2D eigenvalue weighted by molar-refractivity contribution is -0.114. The monoisotopic (exact) mass is 410 g/mol. The third kappa shape index (κ3) is 6.31. The van der Waals surface area contributed by atoms with Crippen LogP contribution in [0.15, 0.2) is 96.7 Å². The van der Waals surface area contributed by atoms with Gasteiger partial charge in [-0.25, -0.2) is 0 Å². The van der Waals surface area contributed by atoms with Crippen LogP contribution in [0.5, 0.6) is 0 Å². The number of carbonyl (C=O) groups is 2. The largest absolute Gasteiger partial charge is 0.342 e. The molecule has 2 N–H and O–H groups in total. The molecule has 3 rings (SSSR count). The minimum atomic E-state index is -0.510. The van der Waals surface area contributed by atoms with Crippen molar-refractivity contribution < 1.29 is 9.59 Å². The van der Waals surface area contributed by atoms with Crippen molar-refractivity contribution in [3.63, 3.8) is 0 Å². The highest BCUT2D eigenvalue weighted by Gasteiger charge is 2.13. The molecule has 6 heteroatoms. The molecule has 0 heterocycles. The lowest BCUT2D eigenvalue weighted by Gasteiger charge is -2.21. The van der Waals surface area contributed by atoms with Gasteiger partial charge in [-0.3, -0.25) is 9.59 Å². The molecule has 3 aromatic carbocycles. The Bertz CT molecular complexity index is 1100. The number of carbonyl (C=O) groups excluding carboxylic acids is 2. The van der Waals surface area contributed by atoms with Gasteiger partial charge in [0.15, 0.2) is 0 Å². The van der Waals surface area contributed by atoms with Crippen molar-refractivity contribution in [1.29, 1.82) is 5.26 Å². The van der Waals surface area contributed by atoms with E-state index in [0.29, 0.717) is 17.9 Å². The topological polar surface area (TPSA) is 85.2 Å². The number of nitrogens with zero attached hydrogens (tertiary/aromatic N) is 2. The van der Waals surface area contributed by atoms with Gasteiger partial charge in [0.1, 0.15) is 11.6 Å². The van der Waals surface area contributed by atoms with Crippen LogP contribution < -0.4 is 15.5 Å². The summed E-state index contributed by atoms with van der Waals surface area (Å²) >= 11 is 0. The van der Waals surface area contributed by atoms with Crippen LogP contribution in [0.1, 0.15) is 12.5 Å². The van der Waals surface area contributed by atoms with E-state index in [1.54, 1.807) is 30.5 Å². The van der Waals surface area contributed by atoms with Crippen molar-refractivity contribution in [2.24, 2.45) is 0 Å². The molecule has 0 radical (unpaired) electrons. The third-order valence-electron chi connectivity index (χ3n) is 4.40. The van der Waals surface area contributed by atoms with Gasteiger partial charge in [0, 0.05) is 36.7 Å². The van der Waals surface area contributed by atoms with Crippen molar-refractivity contribution in [2.75, 3.05) is 15.5 Å². The van der Waals surface area contributed by atoms with Crippen molar-refractivity contribution >= 4 is 28.9 Å². The maximum atomic E-state index is 12.7. The summed E-state index contributed by atoms with van der Waals surface area (Å²) in [6, 6.07) is 28.1. The van der Waals surface area contributed by atoms with Gasteiger partial charge in [-0.15, -0.1) is 0 Å². The molecule has 154 valence electrons. The van der Waals surface area contributed by atoms with E-state index in [1.165, 1.54) is 6.92 Å². The van der Waals surface area contributed by atoms with Gasteiger partial charge in [0.2, 0.25) is 5.91 Å². The molecule has 0 saturated heterocycles. The Morgan fingerprint density at radius 1 is 0.871 bits per heavy atom. The zero-order chi connectivity index (χ0) is 22.1. The molecule has 0 aliphatic rings. The molecule has 0 aromatic heterocycles. The van der Waals surface area contributed by atoms with E-state index in [0.717, 1.165) is 11.3 Å². The number of hydrogen-bond acceptors (Lipinski definition) is 4. The second kappa shape index (κ2) is 10.4. The summed E-state index contributed by atoms with van der Waals surface area (Å²) in [5.41, 5.74) is 3.04. The molecular formula is C25H22N4O2. The van der Waals surface area contributed by atoms with Crippen molar-refractivity contribution in [3.05, 3.63) is 102 Å². The predicted molar refractivity (Wildman–Crippen MR) is 122 cm³/mol. The van der Waals surface area contributed by atoms with Crippen molar-refractivity contribution in [3.8, 4) is 6.07 Å². The quantitative estimate of drug-likeness (QED) is 0.437. The van der Waals surface area contributed by atoms with Crippen LogP contribution in [0.25, 0.3) is 0 Å². The molecule has 0 spiro atoms. The van der Waals surface area contributed by atoms with E-state index < -0.39 is 5.91 Å². The highest BCUT2D eigenvalue weighted by molar-refractivity contribution is 6.07. The SMILES string of the molecule is CC(=O)Nc1ccc(NC(=O)/C(C#N)=C\N(Cc2ccccc2)c2ccccc2)cc1. The third-order valence-corrected chi connectivity index (χ3v) is 4.40. The Kier molecular flexibility index (Phi) is 7.17. The first-order chi connectivity index (χ1) is 15.0. The van der Waals surface area contributed by atoms with Gasteiger partial charge in [0.05, 0.1) is 0 Å². The Balaban J connectivity index is 1.81. The molecular weight excluding hydrogens is 388 g/mol. The Morgan fingerprint density at radius 2 is 1.42 bits per heavy atom. The van der Waals surface area contributed by atoms with E-state index >= 15 is 0 Å².